The van der Waals surface area contributed by atoms with Crippen LogP contribution in [0, 0.1) is 0 Å². The third-order valence-electron chi connectivity index (χ3n) is 4.31. The Kier molecular flexibility index (Phi) is 4.36. The molecule has 0 saturated carbocycles. The average molecular weight is 342 g/mol. The van der Waals surface area contributed by atoms with Crippen LogP contribution in [0.2, 0.25) is 0 Å². The highest BCUT2D eigenvalue weighted by Crippen LogP contribution is 2.37. The van der Waals surface area contributed by atoms with E-state index in [1.165, 1.54) is 32.7 Å². The van der Waals surface area contributed by atoms with E-state index in [2.05, 4.69) is 78.2 Å². The number of hydrogen-bond acceptors (Lipinski definition) is 2. The van der Waals surface area contributed by atoms with Gasteiger partial charge < -0.3 is 4.74 Å². The van der Waals surface area contributed by atoms with Crippen molar-refractivity contribution in [3.05, 3.63) is 90.3 Å². The molecule has 0 amide bonds. The van der Waals surface area contributed by atoms with Crippen LogP contribution < -0.4 is 4.74 Å². The van der Waals surface area contributed by atoms with E-state index in [9.17, 15) is 0 Å². The minimum atomic E-state index is 0.878. The minimum absolute atomic E-state index is 0.878. The van der Waals surface area contributed by atoms with Crippen LogP contribution in [0.4, 0.5) is 0 Å². The molecule has 1 aromatic heterocycles. The Bertz CT molecular complexity index is 955. The van der Waals surface area contributed by atoms with Crippen molar-refractivity contribution in [3.8, 4) is 38.4 Å². The summed E-state index contributed by atoms with van der Waals surface area (Å²) in [6.07, 6.45) is 0. The molecule has 1 heterocycles. The molecule has 2 heteroatoms. The monoisotopic (exact) mass is 342 g/mol. The molecule has 0 aliphatic rings. The van der Waals surface area contributed by atoms with E-state index in [0.717, 1.165) is 5.75 Å². The summed E-state index contributed by atoms with van der Waals surface area (Å²) < 4.78 is 5.27. The second kappa shape index (κ2) is 6.96. The fourth-order valence-electron chi connectivity index (χ4n) is 3.01. The normalized spacial score (nSPS) is 10.6. The fraction of sp³-hybridized carbons (Fsp3) is 0.0435. The molecule has 0 bridgehead atoms. The number of benzene rings is 3. The summed E-state index contributed by atoms with van der Waals surface area (Å²) in [5.74, 6) is 0.878. The predicted molar refractivity (Wildman–Crippen MR) is 107 cm³/mol. The minimum Gasteiger partial charge on any atom is -0.497 e. The second-order valence-electron chi connectivity index (χ2n) is 5.83. The highest BCUT2D eigenvalue weighted by molar-refractivity contribution is 7.13. The zero-order chi connectivity index (χ0) is 17.1. The smallest absolute Gasteiger partial charge is 0.118 e. The highest BCUT2D eigenvalue weighted by Gasteiger charge is 2.10. The van der Waals surface area contributed by atoms with E-state index >= 15 is 0 Å². The first-order valence-corrected chi connectivity index (χ1v) is 9.11. The Hall–Kier alpha value is -2.84. The average Bonchev–Trinajstić information content (AvgIpc) is 3.23. The van der Waals surface area contributed by atoms with Crippen molar-refractivity contribution < 1.29 is 4.74 Å². The molecule has 0 N–H and O–H groups in total. The molecule has 4 aromatic rings. The van der Waals surface area contributed by atoms with Crippen LogP contribution in [0.3, 0.4) is 0 Å². The van der Waals surface area contributed by atoms with Crippen molar-refractivity contribution in [1.29, 1.82) is 0 Å². The molecule has 0 aliphatic heterocycles. The lowest BCUT2D eigenvalue weighted by molar-refractivity contribution is 0.415. The fourth-order valence-corrected chi connectivity index (χ4v) is 3.77. The Morgan fingerprint density at radius 3 is 2.08 bits per heavy atom. The lowest BCUT2D eigenvalue weighted by Gasteiger charge is -2.12. The van der Waals surface area contributed by atoms with Crippen molar-refractivity contribution in [2.24, 2.45) is 0 Å². The first kappa shape index (κ1) is 15.7. The number of rotatable bonds is 4. The Labute approximate surface area is 152 Å². The second-order valence-corrected chi connectivity index (χ2v) is 6.78. The summed E-state index contributed by atoms with van der Waals surface area (Å²) in [6.45, 7) is 0. The van der Waals surface area contributed by atoms with Gasteiger partial charge in [-0.05, 0) is 51.9 Å². The van der Waals surface area contributed by atoms with E-state index < -0.39 is 0 Å². The van der Waals surface area contributed by atoms with Gasteiger partial charge in [0.05, 0.1) is 7.11 Å². The van der Waals surface area contributed by atoms with Gasteiger partial charge in [-0.2, -0.15) is 0 Å². The summed E-state index contributed by atoms with van der Waals surface area (Å²) in [4.78, 5) is 1.29. The summed E-state index contributed by atoms with van der Waals surface area (Å²) in [5.41, 5.74) is 6.19. The first-order valence-electron chi connectivity index (χ1n) is 8.23. The quantitative estimate of drug-likeness (QED) is 0.398. The van der Waals surface area contributed by atoms with Gasteiger partial charge in [-0.25, -0.2) is 0 Å². The number of thiophene rings is 1. The van der Waals surface area contributed by atoms with Gasteiger partial charge in [0.1, 0.15) is 5.75 Å². The first-order chi connectivity index (χ1) is 12.3. The molecule has 0 atom stereocenters. The van der Waals surface area contributed by atoms with Crippen LogP contribution in [-0.4, -0.2) is 7.11 Å². The number of hydrogen-bond donors (Lipinski definition) is 0. The van der Waals surface area contributed by atoms with Gasteiger partial charge in [-0.15, -0.1) is 11.3 Å². The zero-order valence-corrected chi connectivity index (χ0v) is 14.8. The predicted octanol–water partition coefficient (Wildman–Crippen LogP) is 6.76. The van der Waals surface area contributed by atoms with Gasteiger partial charge in [0, 0.05) is 10.4 Å². The van der Waals surface area contributed by atoms with Crippen LogP contribution >= 0.6 is 11.3 Å². The maximum absolute atomic E-state index is 5.27. The molecule has 0 aliphatic carbocycles. The molecular weight excluding hydrogens is 324 g/mol. The molecule has 0 fully saturated rings. The molecular formula is C23H18OS. The number of methoxy groups -OCH3 is 1. The molecule has 3 aromatic carbocycles. The Morgan fingerprint density at radius 1 is 0.640 bits per heavy atom. The topological polar surface area (TPSA) is 9.23 Å². The van der Waals surface area contributed by atoms with Crippen LogP contribution in [0.25, 0.3) is 32.7 Å². The molecule has 1 nitrogen and oxygen atoms in total. The third kappa shape index (κ3) is 3.21. The van der Waals surface area contributed by atoms with Gasteiger partial charge in [-0.3, -0.25) is 0 Å². The maximum atomic E-state index is 5.27. The summed E-state index contributed by atoms with van der Waals surface area (Å²) in [7, 11) is 1.69. The maximum Gasteiger partial charge on any atom is 0.118 e. The largest absolute Gasteiger partial charge is 0.497 e. The molecule has 0 spiro atoms. The van der Waals surface area contributed by atoms with E-state index in [1.54, 1.807) is 18.4 Å². The summed E-state index contributed by atoms with van der Waals surface area (Å²) >= 11 is 1.77. The molecule has 4 rings (SSSR count). The van der Waals surface area contributed by atoms with Crippen LogP contribution in [0.5, 0.6) is 5.75 Å². The molecule has 0 radical (unpaired) electrons. The van der Waals surface area contributed by atoms with Crippen molar-refractivity contribution in [3.63, 3.8) is 0 Å². The van der Waals surface area contributed by atoms with Gasteiger partial charge >= 0.3 is 0 Å². The third-order valence-corrected chi connectivity index (χ3v) is 5.22. The van der Waals surface area contributed by atoms with E-state index in [-0.39, 0.29) is 0 Å². The standard InChI is InChI=1S/C23H18OS/c1-24-20-12-9-17(10-13-20)19-11-14-21(18-6-3-2-4-7-18)22(16-19)23-8-5-15-25-23/h2-16H,1H3. The van der Waals surface area contributed by atoms with Gasteiger partial charge in [-0.1, -0.05) is 60.7 Å². The van der Waals surface area contributed by atoms with E-state index in [4.69, 9.17) is 4.74 Å². The van der Waals surface area contributed by atoms with Crippen molar-refractivity contribution >= 4 is 11.3 Å². The molecule has 122 valence electrons. The van der Waals surface area contributed by atoms with Gasteiger partial charge in [0.15, 0.2) is 0 Å². The Balaban J connectivity index is 1.85. The molecule has 25 heavy (non-hydrogen) atoms. The summed E-state index contributed by atoms with van der Waals surface area (Å²) in [6, 6.07) is 29.8. The van der Waals surface area contributed by atoms with Crippen molar-refractivity contribution in [1.82, 2.24) is 0 Å². The lowest BCUT2D eigenvalue weighted by Crippen LogP contribution is -1.87. The van der Waals surface area contributed by atoms with Gasteiger partial charge in [0.2, 0.25) is 0 Å². The van der Waals surface area contributed by atoms with Crippen molar-refractivity contribution in [2.75, 3.05) is 7.11 Å². The van der Waals surface area contributed by atoms with Crippen LogP contribution in [0.1, 0.15) is 0 Å². The Morgan fingerprint density at radius 2 is 1.40 bits per heavy atom. The molecule has 0 unspecified atom stereocenters. The van der Waals surface area contributed by atoms with Crippen LogP contribution in [-0.2, 0) is 0 Å². The summed E-state index contributed by atoms with van der Waals surface area (Å²) in [5, 5.41) is 2.13. The molecule has 0 saturated heterocycles. The van der Waals surface area contributed by atoms with Gasteiger partial charge in [0.25, 0.3) is 0 Å². The number of ether oxygens (including phenoxy) is 1. The van der Waals surface area contributed by atoms with E-state index in [0.29, 0.717) is 0 Å². The van der Waals surface area contributed by atoms with Crippen molar-refractivity contribution in [2.45, 2.75) is 0 Å². The van der Waals surface area contributed by atoms with E-state index in [1.807, 2.05) is 12.1 Å². The zero-order valence-electron chi connectivity index (χ0n) is 14.0. The SMILES string of the molecule is COc1ccc(-c2ccc(-c3ccccc3)c(-c3cccs3)c2)cc1. The lowest BCUT2D eigenvalue weighted by atomic mass is 9.94. The van der Waals surface area contributed by atoms with Crippen LogP contribution in [0.15, 0.2) is 90.3 Å². The highest BCUT2D eigenvalue weighted by atomic mass is 32.1.